The smallest absolute Gasteiger partial charge is 0.223 e. The first-order valence-electron chi connectivity index (χ1n) is 10.2. The van der Waals surface area contributed by atoms with E-state index in [1.165, 1.54) is 0 Å². The number of hydrogen-bond donors (Lipinski definition) is 0. The highest BCUT2D eigenvalue weighted by Gasteiger charge is 2.33. The molecule has 152 valence electrons. The lowest BCUT2D eigenvalue weighted by Gasteiger charge is -2.28. The molecule has 0 aliphatic carbocycles. The van der Waals surface area contributed by atoms with Gasteiger partial charge in [-0.2, -0.15) is 0 Å². The zero-order valence-electron chi connectivity index (χ0n) is 16.6. The molecule has 0 N–H and O–H groups in total. The molecule has 0 saturated carbocycles. The Bertz CT molecular complexity index is 1040. The number of nitrogens with zero attached hydrogens (tertiary/aromatic N) is 3. The summed E-state index contributed by atoms with van der Waals surface area (Å²) in [6, 6.07) is 5.99. The second-order valence-corrected chi connectivity index (χ2v) is 7.73. The molecule has 7 nitrogen and oxygen atoms in total. The predicted octanol–water partition coefficient (Wildman–Crippen LogP) is 2.64. The molecular weight excluding hydrogens is 370 g/mol. The van der Waals surface area contributed by atoms with Crippen LogP contribution in [0.2, 0.25) is 0 Å². The van der Waals surface area contributed by atoms with Crippen LogP contribution in [0.1, 0.15) is 17.9 Å². The minimum atomic E-state index is 0.148. The van der Waals surface area contributed by atoms with Gasteiger partial charge in [-0.15, -0.1) is 0 Å². The summed E-state index contributed by atoms with van der Waals surface area (Å²) in [5.74, 6) is 1.07. The van der Waals surface area contributed by atoms with Crippen LogP contribution in [0, 0.1) is 0 Å². The Labute approximate surface area is 169 Å². The third-order valence-electron chi connectivity index (χ3n) is 6.08. The fourth-order valence-electron chi connectivity index (χ4n) is 4.52. The normalized spacial score (nSPS) is 20.8. The molecule has 29 heavy (non-hydrogen) atoms. The number of morpholine rings is 1. The number of rotatable bonds is 5. The number of amides is 1. The predicted molar refractivity (Wildman–Crippen MR) is 109 cm³/mol. The zero-order chi connectivity index (χ0) is 19.8. The number of benzene rings is 1. The number of hydrogen-bond acceptors (Lipinski definition) is 6. The lowest BCUT2D eigenvalue weighted by molar-refractivity contribution is -0.128. The summed E-state index contributed by atoms with van der Waals surface area (Å²) in [4.78, 5) is 21.3. The Morgan fingerprint density at radius 1 is 1.21 bits per heavy atom. The number of fused-ring (bicyclic) bond motifs is 3. The molecule has 2 aromatic heterocycles. The Morgan fingerprint density at radius 3 is 2.90 bits per heavy atom. The zero-order valence-corrected chi connectivity index (χ0v) is 16.6. The van der Waals surface area contributed by atoms with E-state index in [2.05, 4.69) is 16.0 Å². The molecule has 5 rings (SSSR count). The molecule has 7 heteroatoms. The van der Waals surface area contributed by atoms with Crippen molar-refractivity contribution in [2.45, 2.75) is 12.3 Å². The Hall–Kier alpha value is -2.64. The van der Waals surface area contributed by atoms with Crippen LogP contribution < -0.4 is 4.74 Å². The van der Waals surface area contributed by atoms with Gasteiger partial charge in [0, 0.05) is 62.0 Å². The minimum absolute atomic E-state index is 0.148. The monoisotopic (exact) mass is 395 g/mol. The quantitative estimate of drug-likeness (QED) is 0.662. The van der Waals surface area contributed by atoms with Crippen molar-refractivity contribution in [2.24, 2.45) is 0 Å². The van der Waals surface area contributed by atoms with E-state index in [0.717, 1.165) is 73.4 Å². The van der Waals surface area contributed by atoms with E-state index >= 15 is 0 Å². The van der Waals surface area contributed by atoms with Crippen LogP contribution in [-0.2, 0) is 9.53 Å². The van der Waals surface area contributed by atoms with Gasteiger partial charge >= 0.3 is 0 Å². The molecule has 2 aliphatic heterocycles. The summed E-state index contributed by atoms with van der Waals surface area (Å²) < 4.78 is 17.0. The van der Waals surface area contributed by atoms with Crippen LogP contribution in [0.25, 0.3) is 21.9 Å². The maximum atomic E-state index is 12.7. The molecule has 0 spiro atoms. The van der Waals surface area contributed by atoms with Crippen molar-refractivity contribution in [3.05, 3.63) is 36.2 Å². The van der Waals surface area contributed by atoms with Crippen molar-refractivity contribution in [3.8, 4) is 5.75 Å². The summed E-state index contributed by atoms with van der Waals surface area (Å²) in [5.41, 5.74) is 2.61. The fourth-order valence-corrected chi connectivity index (χ4v) is 4.52. The van der Waals surface area contributed by atoms with Gasteiger partial charge in [0.2, 0.25) is 5.91 Å². The highest BCUT2D eigenvalue weighted by atomic mass is 16.5. The average molecular weight is 395 g/mol. The van der Waals surface area contributed by atoms with Crippen LogP contribution >= 0.6 is 0 Å². The van der Waals surface area contributed by atoms with Crippen molar-refractivity contribution < 1.29 is 18.7 Å². The van der Waals surface area contributed by atoms with Crippen LogP contribution in [-0.4, -0.2) is 73.7 Å². The van der Waals surface area contributed by atoms with Crippen molar-refractivity contribution in [1.82, 2.24) is 14.8 Å². The number of carbonyl (C=O) groups excluding carboxylic acids is 1. The minimum Gasteiger partial charge on any atom is -0.493 e. The molecule has 1 amide bonds. The first-order chi connectivity index (χ1) is 14.2. The molecule has 1 aromatic carbocycles. The van der Waals surface area contributed by atoms with Crippen molar-refractivity contribution in [3.63, 3.8) is 0 Å². The molecule has 2 aliphatic rings. The number of methoxy groups -OCH3 is 1. The van der Waals surface area contributed by atoms with Gasteiger partial charge in [-0.05, 0) is 17.7 Å². The topological polar surface area (TPSA) is 68.0 Å². The molecule has 2 fully saturated rings. The molecule has 2 saturated heterocycles. The molecular formula is C22H25N3O4. The van der Waals surface area contributed by atoms with Crippen molar-refractivity contribution in [1.29, 1.82) is 0 Å². The van der Waals surface area contributed by atoms with Gasteiger partial charge in [-0.1, -0.05) is 6.07 Å². The first kappa shape index (κ1) is 18.4. The number of ether oxygens (including phenoxy) is 2. The van der Waals surface area contributed by atoms with Crippen molar-refractivity contribution >= 4 is 27.8 Å². The van der Waals surface area contributed by atoms with E-state index in [4.69, 9.17) is 13.9 Å². The SMILES string of the molecule is COc1ccc(C2CC(=O)N(CCN3CCOCC3)C2)c2c1oc1cnccc12. The second-order valence-electron chi connectivity index (χ2n) is 7.73. The lowest BCUT2D eigenvalue weighted by Crippen LogP contribution is -2.41. The Morgan fingerprint density at radius 2 is 2.07 bits per heavy atom. The third-order valence-corrected chi connectivity index (χ3v) is 6.08. The van der Waals surface area contributed by atoms with Gasteiger partial charge in [-0.25, -0.2) is 0 Å². The van der Waals surface area contributed by atoms with Crippen molar-refractivity contribution in [2.75, 3.05) is 53.0 Å². The Balaban J connectivity index is 1.43. The molecule has 0 bridgehead atoms. The summed E-state index contributed by atoms with van der Waals surface area (Å²) in [7, 11) is 1.65. The Kier molecular flexibility index (Phi) is 4.85. The van der Waals surface area contributed by atoms with Gasteiger partial charge in [0.1, 0.15) is 0 Å². The van der Waals surface area contributed by atoms with Gasteiger partial charge < -0.3 is 18.8 Å². The maximum absolute atomic E-state index is 12.7. The fraction of sp³-hybridized carbons (Fsp3) is 0.455. The molecule has 1 unspecified atom stereocenters. The number of likely N-dealkylation sites (tertiary alicyclic amines) is 1. The highest BCUT2D eigenvalue weighted by Crippen LogP contribution is 2.41. The van der Waals surface area contributed by atoms with Gasteiger partial charge in [0.05, 0.1) is 26.5 Å². The maximum Gasteiger partial charge on any atom is 0.223 e. The summed E-state index contributed by atoms with van der Waals surface area (Å²) >= 11 is 0. The van der Waals surface area contributed by atoms with Crippen LogP contribution in [0.5, 0.6) is 5.75 Å². The highest BCUT2D eigenvalue weighted by molar-refractivity contribution is 6.08. The van der Waals surface area contributed by atoms with E-state index in [0.29, 0.717) is 12.2 Å². The number of furan rings is 1. The summed E-state index contributed by atoms with van der Waals surface area (Å²) in [6.45, 7) is 5.86. The van der Waals surface area contributed by atoms with Gasteiger partial charge in [-0.3, -0.25) is 14.7 Å². The van der Waals surface area contributed by atoms with Crippen LogP contribution in [0.4, 0.5) is 0 Å². The van der Waals surface area contributed by atoms with E-state index in [9.17, 15) is 4.79 Å². The van der Waals surface area contributed by atoms with E-state index in [-0.39, 0.29) is 11.8 Å². The number of pyridine rings is 1. The molecule has 1 atom stereocenters. The number of carbonyl (C=O) groups is 1. The first-order valence-corrected chi connectivity index (χ1v) is 10.2. The summed E-state index contributed by atoms with van der Waals surface area (Å²) in [6.07, 6.45) is 4.03. The molecule has 4 heterocycles. The molecule has 3 aromatic rings. The van der Waals surface area contributed by atoms with E-state index in [1.54, 1.807) is 19.5 Å². The largest absolute Gasteiger partial charge is 0.493 e. The van der Waals surface area contributed by atoms with Gasteiger partial charge in [0.15, 0.2) is 16.9 Å². The number of aromatic nitrogens is 1. The van der Waals surface area contributed by atoms with E-state index in [1.807, 2.05) is 17.0 Å². The van der Waals surface area contributed by atoms with Gasteiger partial charge in [0.25, 0.3) is 0 Å². The van der Waals surface area contributed by atoms with Crippen LogP contribution in [0.15, 0.2) is 35.0 Å². The third kappa shape index (κ3) is 3.34. The lowest BCUT2D eigenvalue weighted by atomic mass is 9.93. The van der Waals surface area contributed by atoms with E-state index < -0.39 is 0 Å². The summed E-state index contributed by atoms with van der Waals surface area (Å²) in [5, 5.41) is 2.05. The second kappa shape index (κ2) is 7.65. The average Bonchev–Trinajstić information content (AvgIpc) is 3.33. The van der Waals surface area contributed by atoms with Crippen LogP contribution in [0.3, 0.4) is 0 Å². The standard InChI is InChI=1S/C22H25N3O4/c1-27-18-3-2-16(21-17-4-5-23-13-19(17)29-22(18)21)15-12-20(26)25(14-15)7-6-24-8-10-28-11-9-24/h2-5,13,15H,6-12,14H2,1H3. The molecule has 0 radical (unpaired) electrons.